The van der Waals surface area contributed by atoms with E-state index < -0.39 is 29.4 Å². The van der Waals surface area contributed by atoms with Crippen LogP contribution in [0.4, 0.5) is 4.79 Å². The quantitative estimate of drug-likeness (QED) is 0.109. The third-order valence-corrected chi connectivity index (χ3v) is 7.88. The Morgan fingerprint density at radius 3 is 1.92 bits per heavy atom. The van der Waals surface area contributed by atoms with Crippen LogP contribution >= 0.6 is 23.2 Å². The largest absolute Gasteiger partial charge is 0.462 e. The number of ether oxygens (including phenoxy) is 2. The number of amides is 1. The highest BCUT2D eigenvalue weighted by Crippen LogP contribution is 2.33. The van der Waals surface area contributed by atoms with Gasteiger partial charge in [-0.25, -0.2) is 14.3 Å². The minimum Gasteiger partial charge on any atom is -0.462 e. The molecule has 1 atom stereocenters. The zero-order chi connectivity index (χ0) is 34.0. The smallest absolute Gasteiger partial charge is 0.408 e. The number of carbonyl (C=O) groups is 3. The molecule has 4 aromatic carbocycles. The summed E-state index contributed by atoms with van der Waals surface area (Å²) in [5, 5.41) is 8.21. The zero-order valence-corrected chi connectivity index (χ0v) is 27.4. The van der Waals surface area contributed by atoms with Gasteiger partial charge in [0.2, 0.25) is 0 Å². The molecular formula is C37H31Cl2N3O6. The van der Waals surface area contributed by atoms with E-state index in [1.165, 1.54) is 6.92 Å². The van der Waals surface area contributed by atoms with Crippen molar-refractivity contribution in [2.75, 3.05) is 6.61 Å². The SMILES string of the molecule is CC(=O)c1c(-c2ccc(Cl)cc2)c(-c2ccc(Cl)cc2)nn(CCOC(=O)[C@H](Cc2ccccc2)NC(=O)OCc2ccccc2)c1=O. The molecule has 0 fully saturated rings. The normalized spacial score (nSPS) is 11.4. The second-order valence-electron chi connectivity index (χ2n) is 10.8. The first kappa shape index (κ1) is 34.1. The molecule has 1 heterocycles. The van der Waals surface area contributed by atoms with Crippen LogP contribution in [-0.4, -0.2) is 40.3 Å². The number of nitrogens with zero attached hydrogens (tertiary/aromatic N) is 2. The molecule has 0 unspecified atom stereocenters. The first-order valence-electron chi connectivity index (χ1n) is 15.1. The third-order valence-electron chi connectivity index (χ3n) is 7.38. The van der Waals surface area contributed by atoms with Crippen LogP contribution in [-0.2, 0) is 33.8 Å². The van der Waals surface area contributed by atoms with Crippen molar-refractivity contribution < 1.29 is 23.9 Å². The van der Waals surface area contributed by atoms with E-state index in [9.17, 15) is 19.2 Å². The Bertz CT molecular complexity index is 1950. The van der Waals surface area contributed by atoms with Crippen LogP contribution in [0, 0.1) is 0 Å². The maximum absolute atomic E-state index is 13.7. The fourth-order valence-corrected chi connectivity index (χ4v) is 5.29. The van der Waals surface area contributed by atoms with Gasteiger partial charge in [0, 0.05) is 27.6 Å². The predicted molar refractivity (Wildman–Crippen MR) is 184 cm³/mol. The lowest BCUT2D eigenvalue weighted by Gasteiger charge is -2.19. The molecule has 0 spiro atoms. The molecule has 0 saturated heterocycles. The molecule has 1 aromatic heterocycles. The maximum Gasteiger partial charge on any atom is 0.408 e. The molecule has 1 amide bonds. The molecule has 9 nitrogen and oxygen atoms in total. The molecule has 48 heavy (non-hydrogen) atoms. The molecular weight excluding hydrogens is 653 g/mol. The number of hydrogen-bond acceptors (Lipinski definition) is 7. The standard InChI is InChI=1S/C37H31Cl2N3O6/c1-24(43)32-33(27-12-16-29(38)17-13-27)34(28-14-18-30(39)19-15-28)41-42(35(32)44)20-21-47-36(45)31(22-25-8-4-2-5-9-25)40-37(46)48-23-26-10-6-3-7-11-26/h2-19,31H,20-23H2,1H3,(H,40,46)/t31-/m0/s1. The van der Waals surface area contributed by atoms with Crippen LogP contribution in [0.3, 0.4) is 0 Å². The third kappa shape index (κ3) is 8.76. The first-order chi connectivity index (χ1) is 23.2. The van der Waals surface area contributed by atoms with E-state index in [0.29, 0.717) is 32.4 Å². The van der Waals surface area contributed by atoms with Crippen LogP contribution in [0.5, 0.6) is 0 Å². The van der Waals surface area contributed by atoms with Gasteiger partial charge in [0.15, 0.2) is 5.78 Å². The van der Waals surface area contributed by atoms with E-state index >= 15 is 0 Å². The first-order valence-corrected chi connectivity index (χ1v) is 15.8. The number of carbonyl (C=O) groups excluding carboxylic acids is 3. The number of hydrogen-bond donors (Lipinski definition) is 1. The summed E-state index contributed by atoms with van der Waals surface area (Å²) >= 11 is 12.3. The molecule has 1 N–H and O–H groups in total. The highest BCUT2D eigenvalue weighted by atomic mass is 35.5. The second-order valence-corrected chi connectivity index (χ2v) is 11.7. The van der Waals surface area contributed by atoms with E-state index in [2.05, 4.69) is 10.4 Å². The van der Waals surface area contributed by atoms with Crippen molar-refractivity contribution >= 4 is 41.0 Å². The number of benzene rings is 4. The second kappa shape index (κ2) is 16.0. The van der Waals surface area contributed by atoms with E-state index in [-0.39, 0.29) is 31.7 Å². The fraction of sp³-hybridized carbons (Fsp3) is 0.162. The van der Waals surface area contributed by atoms with Gasteiger partial charge in [-0.3, -0.25) is 9.59 Å². The molecule has 244 valence electrons. The summed E-state index contributed by atoms with van der Waals surface area (Å²) < 4.78 is 12.0. The zero-order valence-electron chi connectivity index (χ0n) is 25.9. The number of nitrogens with one attached hydrogen (secondary N) is 1. The highest BCUT2D eigenvalue weighted by Gasteiger charge is 2.26. The molecule has 0 radical (unpaired) electrons. The summed E-state index contributed by atoms with van der Waals surface area (Å²) in [6.07, 6.45) is -0.644. The minimum absolute atomic E-state index is 0.0226. The lowest BCUT2D eigenvalue weighted by atomic mass is 9.94. The maximum atomic E-state index is 13.7. The van der Waals surface area contributed by atoms with Crippen LogP contribution < -0.4 is 10.9 Å². The molecule has 0 aliphatic heterocycles. The molecule has 0 aliphatic carbocycles. The Labute approximate surface area is 287 Å². The van der Waals surface area contributed by atoms with Crippen molar-refractivity contribution in [1.82, 2.24) is 15.1 Å². The molecule has 11 heteroatoms. The van der Waals surface area contributed by atoms with Gasteiger partial charge in [0.05, 0.1) is 17.8 Å². The van der Waals surface area contributed by atoms with Gasteiger partial charge in [0.1, 0.15) is 19.3 Å². The topological polar surface area (TPSA) is 117 Å². The van der Waals surface area contributed by atoms with E-state index in [1.54, 1.807) is 48.5 Å². The predicted octanol–water partition coefficient (Wildman–Crippen LogP) is 7.17. The van der Waals surface area contributed by atoms with Crippen molar-refractivity contribution in [3.63, 3.8) is 0 Å². The highest BCUT2D eigenvalue weighted by molar-refractivity contribution is 6.31. The molecule has 0 aliphatic rings. The number of halogens is 2. The van der Waals surface area contributed by atoms with Gasteiger partial charge in [-0.1, -0.05) is 108 Å². The van der Waals surface area contributed by atoms with Gasteiger partial charge in [0.25, 0.3) is 5.56 Å². The fourth-order valence-electron chi connectivity index (χ4n) is 5.04. The molecule has 5 rings (SSSR count). The number of alkyl carbamates (subject to hydrolysis) is 1. The lowest BCUT2D eigenvalue weighted by molar-refractivity contribution is -0.146. The summed E-state index contributed by atoms with van der Waals surface area (Å²) in [6, 6.07) is 30.8. The Hall–Kier alpha value is -5.25. The van der Waals surface area contributed by atoms with Gasteiger partial charge < -0.3 is 14.8 Å². The molecule has 0 saturated carbocycles. The Balaban J connectivity index is 1.38. The molecule has 0 bridgehead atoms. The van der Waals surface area contributed by atoms with Crippen LogP contribution in [0.2, 0.25) is 10.0 Å². The Morgan fingerprint density at radius 2 is 1.33 bits per heavy atom. The van der Waals surface area contributed by atoms with Crippen molar-refractivity contribution in [2.45, 2.75) is 32.5 Å². The van der Waals surface area contributed by atoms with Crippen molar-refractivity contribution in [2.24, 2.45) is 0 Å². The summed E-state index contributed by atoms with van der Waals surface area (Å²) in [4.78, 5) is 52.7. The number of ketones is 1. The average Bonchev–Trinajstić information content (AvgIpc) is 3.09. The Morgan fingerprint density at radius 1 is 0.771 bits per heavy atom. The lowest BCUT2D eigenvalue weighted by Crippen LogP contribution is -2.44. The van der Waals surface area contributed by atoms with Gasteiger partial charge in [-0.15, -0.1) is 0 Å². The van der Waals surface area contributed by atoms with Gasteiger partial charge in [-0.2, -0.15) is 5.10 Å². The number of rotatable bonds is 12. The van der Waals surface area contributed by atoms with Crippen LogP contribution in [0.25, 0.3) is 22.4 Å². The van der Waals surface area contributed by atoms with E-state index in [4.69, 9.17) is 32.7 Å². The summed E-state index contributed by atoms with van der Waals surface area (Å²) in [7, 11) is 0. The summed E-state index contributed by atoms with van der Waals surface area (Å²) in [5.41, 5.74) is 2.74. The summed E-state index contributed by atoms with van der Waals surface area (Å²) in [5.74, 6) is -1.19. The van der Waals surface area contributed by atoms with Crippen LogP contribution in [0.1, 0.15) is 28.4 Å². The van der Waals surface area contributed by atoms with Gasteiger partial charge in [-0.05, 0) is 47.9 Å². The number of Topliss-reactive ketones (excluding diaryl/α,β-unsaturated/α-hetero) is 1. The number of aromatic nitrogens is 2. The van der Waals surface area contributed by atoms with Crippen molar-refractivity contribution in [1.29, 1.82) is 0 Å². The monoisotopic (exact) mass is 683 g/mol. The van der Waals surface area contributed by atoms with E-state index in [0.717, 1.165) is 15.8 Å². The van der Waals surface area contributed by atoms with E-state index in [1.807, 2.05) is 60.7 Å². The average molecular weight is 685 g/mol. The van der Waals surface area contributed by atoms with Crippen molar-refractivity contribution in [3.05, 3.63) is 146 Å². The summed E-state index contributed by atoms with van der Waals surface area (Å²) in [6.45, 7) is 0.899. The molecule has 5 aromatic rings. The van der Waals surface area contributed by atoms with Gasteiger partial charge >= 0.3 is 12.1 Å². The van der Waals surface area contributed by atoms with Crippen molar-refractivity contribution in [3.8, 4) is 22.4 Å². The number of esters is 1. The minimum atomic E-state index is -1.08. The van der Waals surface area contributed by atoms with Crippen LogP contribution in [0.15, 0.2) is 114 Å². The Kier molecular flexibility index (Phi) is 11.4.